The lowest BCUT2D eigenvalue weighted by Crippen LogP contribution is -2.51. The molecule has 0 spiro atoms. The summed E-state index contributed by atoms with van der Waals surface area (Å²) in [4.78, 5) is 14.5. The Labute approximate surface area is 153 Å². The number of methoxy groups -OCH3 is 2. The van der Waals surface area contributed by atoms with Gasteiger partial charge in [0.2, 0.25) is 0 Å². The van der Waals surface area contributed by atoms with Crippen LogP contribution in [0.25, 0.3) is 0 Å². The summed E-state index contributed by atoms with van der Waals surface area (Å²) in [5.74, 6) is 5.25. The van der Waals surface area contributed by atoms with E-state index in [0.717, 1.165) is 11.1 Å². The predicted octanol–water partition coefficient (Wildman–Crippen LogP) is 1.89. The fourth-order valence-corrected chi connectivity index (χ4v) is 3.54. The van der Waals surface area contributed by atoms with Gasteiger partial charge in [-0.3, -0.25) is 15.1 Å². The number of fused-ring (bicyclic) bond motifs is 1. The molecule has 138 valence electrons. The van der Waals surface area contributed by atoms with Gasteiger partial charge >= 0.3 is 0 Å². The van der Waals surface area contributed by atoms with Crippen molar-refractivity contribution in [2.75, 3.05) is 14.2 Å². The number of hydrazine groups is 1. The molecule has 0 unspecified atom stereocenters. The predicted molar refractivity (Wildman–Crippen MR) is 98.7 cm³/mol. The number of hydrogen-bond acceptors (Lipinski definition) is 5. The van der Waals surface area contributed by atoms with E-state index < -0.39 is 6.29 Å². The molecule has 1 amide bonds. The highest BCUT2D eigenvalue weighted by molar-refractivity contribution is 5.81. The van der Waals surface area contributed by atoms with Crippen molar-refractivity contribution in [2.24, 2.45) is 5.84 Å². The summed E-state index contributed by atoms with van der Waals surface area (Å²) in [5, 5.41) is 0. The topological polar surface area (TPSA) is 76.8 Å². The van der Waals surface area contributed by atoms with Crippen molar-refractivity contribution in [2.45, 2.75) is 31.8 Å². The molecular formula is C20H25N3O3. The number of ether oxygens (including phenoxy) is 2. The molecule has 3 rings (SSSR count). The maximum atomic E-state index is 12.3. The van der Waals surface area contributed by atoms with Crippen LogP contribution in [0.3, 0.4) is 0 Å². The van der Waals surface area contributed by atoms with E-state index in [9.17, 15) is 4.79 Å². The number of nitrogens with two attached hydrogens (primary N) is 1. The summed E-state index contributed by atoms with van der Waals surface area (Å²) in [6, 6.07) is 16.0. The lowest BCUT2D eigenvalue weighted by molar-refractivity contribution is -0.127. The lowest BCUT2D eigenvalue weighted by atomic mass is 9.93. The van der Waals surface area contributed by atoms with Crippen LogP contribution in [0.5, 0.6) is 0 Å². The van der Waals surface area contributed by atoms with Crippen LogP contribution in [-0.4, -0.2) is 31.1 Å². The van der Waals surface area contributed by atoms with Crippen LogP contribution in [-0.2, 0) is 33.8 Å². The molecule has 6 heteroatoms. The SMILES string of the molecule is COC(OC)c1cccc(CN2Cc3ccccc3C[C@@H]2C(=O)NN)c1. The van der Waals surface area contributed by atoms with Crippen LogP contribution in [0.1, 0.15) is 28.5 Å². The van der Waals surface area contributed by atoms with Crippen LogP contribution in [0.2, 0.25) is 0 Å². The number of carbonyl (C=O) groups excluding carboxylic acids is 1. The molecule has 0 saturated heterocycles. The summed E-state index contributed by atoms with van der Waals surface area (Å²) in [6.07, 6.45) is 0.248. The first-order valence-corrected chi connectivity index (χ1v) is 8.62. The molecule has 0 aromatic heterocycles. The number of carbonyl (C=O) groups is 1. The van der Waals surface area contributed by atoms with Crippen molar-refractivity contribution in [3.63, 3.8) is 0 Å². The van der Waals surface area contributed by atoms with Crippen LogP contribution in [0.15, 0.2) is 48.5 Å². The minimum absolute atomic E-state index is 0.165. The number of rotatable bonds is 6. The summed E-state index contributed by atoms with van der Waals surface area (Å²) in [7, 11) is 3.23. The third-order valence-corrected chi connectivity index (χ3v) is 4.83. The van der Waals surface area contributed by atoms with Crippen LogP contribution < -0.4 is 11.3 Å². The highest BCUT2D eigenvalue weighted by Gasteiger charge is 2.31. The Morgan fingerprint density at radius 2 is 1.92 bits per heavy atom. The van der Waals surface area contributed by atoms with Gasteiger partial charge in [-0.1, -0.05) is 42.5 Å². The van der Waals surface area contributed by atoms with Gasteiger partial charge in [-0.25, -0.2) is 5.84 Å². The largest absolute Gasteiger partial charge is 0.352 e. The standard InChI is InChI=1S/C20H25N3O3/c1-25-20(26-2)16-9-5-6-14(10-16)12-23-13-17-8-4-3-7-15(17)11-18(23)19(24)22-21/h3-10,18,20H,11-13,21H2,1-2H3,(H,22,24)/t18-/m1/s1. The maximum absolute atomic E-state index is 12.3. The Morgan fingerprint density at radius 1 is 1.19 bits per heavy atom. The zero-order chi connectivity index (χ0) is 18.5. The Balaban J connectivity index is 1.85. The molecule has 0 bridgehead atoms. The summed E-state index contributed by atoms with van der Waals surface area (Å²) in [6.45, 7) is 1.34. The van der Waals surface area contributed by atoms with Gasteiger partial charge in [0.05, 0.1) is 6.04 Å². The molecule has 3 N–H and O–H groups in total. The summed E-state index contributed by atoms with van der Waals surface area (Å²) in [5.41, 5.74) is 6.80. The molecule has 1 atom stereocenters. The first-order valence-electron chi connectivity index (χ1n) is 8.62. The van der Waals surface area contributed by atoms with E-state index in [2.05, 4.69) is 28.5 Å². The quantitative estimate of drug-likeness (QED) is 0.358. The molecule has 1 heterocycles. The molecule has 0 saturated carbocycles. The number of nitrogens with one attached hydrogen (secondary N) is 1. The van der Waals surface area contributed by atoms with Gasteiger partial charge < -0.3 is 9.47 Å². The highest BCUT2D eigenvalue weighted by atomic mass is 16.7. The monoisotopic (exact) mass is 355 g/mol. The minimum atomic E-state index is -0.403. The Bertz CT molecular complexity index is 761. The molecule has 1 aliphatic rings. The van der Waals surface area contributed by atoms with Crippen molar-refractivity contribution in [1.82, 2.24) is 10.3 Å². The van der Waals surface area contributed by atoms with Crippen molar-refractivity contribution < 1.29 is 14.3 Å². The summed E-state index contributed by atoms with van der Waals surface area (Å²) < 4.78 is 10.7. The second-order valence-electron chi connectivity index (χ2n) is 6.45. The second kappa shape index (κ2) is 8.42. The number of hydrogen-bond donors (Lipinski definition) is 2. The second-order valence-corrected chi connectivity index (χ2v) is 6.45. The molecule has 0 aliphatic carbocycles. The highest BCUT2D eigenvalue weighted by Crippen LogP contribution is 2.26. The average molecular weight is 355 g/mol. The molecule has 1 aliphatic heterocycles. The smallest absolute Gasteiger partial charge is 0.251 e. The fraction of sp³-hybridized carbons (Fsp3) is 0.350. The van der Waals surface area contributed by atoms with Gasteiger partial charge in [0.1, 0.15) is 0 Å². The molecule has 26 heavy (non-hydrogen) atoms. The first kappa shape index (κ1) is 18.5. The molecule has 0 fully saturated rings. The van der Waals surface area contributed by atoms with Gasteiger partial charge in [0.25, 0.3) is 5.91 Å². The molecule has 0 radical (unpaired) electrons. The third-order valence-electron chi connectivity index (χ3n) is 4.83. The van der Waals surface area contributed by atoms with E-state index in [-0.39, 0.29) is 11.9 Å². The van der Waals surface area contributed by atoms with Crippen molar-refractivity contribution >= 4 is 5.91 Å². The number of amides is 1. The zero-order valence-corrected chi connectivity index (χ0v) is 15.1. The van der Waals surface area contributed by atoms with E-state index in [0.29, 0.717) is 19.5 Å². The van der Waals surface area contributed by atoms with Gasteiger partial charge in [-0.15, -0.1) is 0 Å². The van der Waals surface area contributed by atoms with Gasteiger partial charge in [0, 0.05) is 32.9 Å². The van der Waals surface area contributed by atoms with Crippen LogP contribution in [0, 0.1) is 0 Å². The van der Waals surface area contributed by atoms with E-state index in [1.54, 1.807) is 14.2 Å². The number of benzene rings is 2. The van der Waals surface area contributed by atoms with Crippen molar-refractivity contribution in [1.29, 1.82) is 0 Å². The van der Waals surface area contributed by atoms with E-state index in [4.69, 9.17) is 15.3 Å². The Kier molecular flexibility index (Phi) is 6.00. The average Bonchev–Trinajstić information content (AvgIpc) is 2.68. The lowest BCUT2D eigenvalue weighted by Gasteiger charge is -2.35. The zero-order valence-electron chi connectivity index (χ0n) is 15.1. The number of nitrogens with zero attached hydrogens (tertiary/aromatic N) is 1. The molecule has 2 aromatic rings. The molecule has 6 nitrogen and oxygen atoms in total. The van der Waals surface area contributed by atoms with Gasteiger partial charge in [-0.2, -0.15) is 0 Å². The third kappa shape index (κ3) is 3.94. The van der Waals surface area contributed by atoms with Gasteiger partial charge in [-0.05, 0) is 29.2 Å². The van der Waals surface area contributed by atoms with Gasteiger partial charge in [0.15, 0.2) is 6.29 Å². The maximum Gasteiger partial charge on any atom is 0.251 e. The van der Waals surface area contributed by atoms with Crippen LogP contribution >= 0.6 is 0 Å². The van der Waals surface area contributed by atoms with E-state index in [1.165, 1.54) is 11.1 Å². The molecular weight excluding hydrogens is 330 g/mol. The summed E-state index contributed by atoms with van der Waals surface area (Å²) >= 11 is 0. The Morgan fingerprint density at radius 3 is 2.62 bits per heavy atom. The minimum Gasteiger partial charge on any atom is -0.352 e. The first-order chi connectivity index (χ1) is 12.7. The fourth-order valence-electron chi connectivity index (χ4n) is 3.54. The van der Waals surface area contributed by atoms with Crippen molar-refractivity contribution in [3.8, 4) is 0 Å². The van der Waals surface area contributed by atoms with E-state index >= 15 is 0 Å². The molecule has 2 aromatic carbocycles. The van der Waals surface area contributed by atoms with E-state index in [1.807, 2.05) is 30.3 Å². The van der Waals surface area contributed by atoms with Crippen LogP contribution in [0.4, 0.5) is 0 Å². The normalized spacial score (nSPS) is 17.2. The van der Waals surface area contributed by atoms with Crippen molar-refractivity contribution in [3.05, 3.63) is 70.8 Å². The Hall–Kier alpha value is -2.25.